The Morgan fingerprint density at radius 3 is 2.59 bits per heavy atom. The Kier molecular flexibility index (Phi) is 4.60. The minimum Gasteiger partial charge on any atom is -0.451 e. The van der Waals surface area contributed by atoms with Crippen LogP contribution in [0.1, 0.15) is 17.0 Å². The van der Waals surface area contributed by atoms with Crippen LogP contribution in [0.2, 0.25) is 0 Å². The van der Waals surface area contributed by atoms with Crippen molar-refractivity contribution >= 4 is 17.3 Å². The van der Waals surface area contributed by atoms with Crippen LogP contribution in [0.25, 0.3) is 11.3 Å². The summed E-state index contributed by atoms with van der Waals surface area (Å²) >= 11 is 0. The van der Waals surface area contributed by atoms with Crippen molar-refractivity contribution in [1.82, 2.24) is 4.90 Å². The van der Waals surface area contributed by atoms with E-state index in [9.17, 15) is 4.79 Å². The van der Waals surface area contributed by atoms with E-state index in [1.54, 1.807) is 6.07 Å². The molecule has 29 heavy (non-hydrogen) atoms. The van der Waals surface area contributed by atoms with Crippen LogP contribution in [0, 0.1) is 5.92 Å². The van der Waals surface area contributed by atoms with Crippen molar-refractivity contribution in [3.63, 3.8) is 0 Å². The van der Waals surface area contributed by atoms with Gasteiger partial charge in [-0.05, 0) is 55.8 Å². The summed E-state index contributed by atoms with van der Waals surface area (Å²) in [5.41, 5.74) is 2.96. The summed E-state index contributed by atoms with van der Waals surface area (Å²) in [7, 11) is 2.20. The number of hydrogen-bond donors (Lipinski definition) is 1. The fourth-order valence-corrected chi connectivity index (χ4v) is 4.64. The van der Waals surface area contributed by atoms with E-state index in [1.165, 1.54) is 18.7 Å². The van der Waals surface area contributed by atoms with Gasteiger partial charge in [0.2, 0.25) is 0 Å². The fourth-order valence-electron chi connectivity index (χ4n) is 4.64. The Morgan fingerprint density at radius 2 is 1.79 bits per heavy atom. The van der Waals surface area contributed by atoms with Gasteiger partial charge in [-0.25, -0.2) is 0 Å². The van der Waals surface area contributed by atoms with Gasteiger partial charge in [-0.3, -0.25) is 4.79 Å². The quantitative estimate of drug-likeness (QED) is 0.724. The van der Waals surface area contributed by atoms with Crippen LogP contribution in [0.5, 0.6) is 0 Å². The molecule has 0 aliphatic carbocycles. The monoisotopic (exact) mass is 387 g/mol. The highest BCUT2D eigenvalue weighted by molar-refractivity contribution is 6.02. The molecule has 2 saturated heterocycles. The number of carbonyl (C=O) groups excluding carboxylic acids is 1. The van der Waals surface area contributed by atoms with E-state index >= 15 is 0 Å². The maximum absolute atomic E-state index is 12.6. The second-order valence-corrected chi connectivity index (χ2v) is 8.06. The highest BCUT2D eigenvalue weighted by Crippen LogP contribution is 2.35. The molecular weight excluding hydrogens is 362 g/mol. The van der Waals surface area contributed by atoms with E-state index in [1.807, 2.05) is 48.5 Å². The third kappa shape index (κ3) is 3.54. The van der Waals surface area contributed by atoms with Gasteiger partial charge in [-0.15, -0.1) is 0 Å². The van der Waals surface area contributed by atoms with Gasteiger partial charge in [0.05, 0.1) is 0 Å². The van der Waals surface area contributed by atoms with Gasteiger partial charge in [0.15, 0.2) is 5.76 Å². The number of furan rings is 1. The number of rotatable bonds is 4. The second kappa shape index (κ2) is 7.41. The maximum Gasteiger partial charge on any atom is 0.291 e. The normalized spacial score (nSPS) is 21.3. The third-order valence-corrected chi connectivity index (χ3v) is 6.08. The smallest absolute Gasteiger partial charge is 0.291 e. The van der Waals surface area contributed by atoms with E-state index in [2.05, 4.69) is 34.3 Å². The van der Waals surface area contributed by atoms with Crippen LogP contribution < -0.4 is 10.2 Å². The Labute approximate surface area is 170 Å². The minimum absolute atomic E-state index is 0.237. The molecule has 0 unspecified atom stereocenters. The largest absolute Gasteiger partial charge is 0.451 e. The average molecular weight is 387 g/mol. The first-order valence-electron chi connectivity index (χ1n) is 10.2. The van der Waals surface area contributed by atoms with Crippen LogP contribution in [-0.2, 0) is 0 Å². The van der Waals surface area contributed by atoms with Gasteiger partial charge in [-0.1, -0.05) is 30.3 Å². The molecule has 0 saturated carbocycles. The molecule has 5 nitrogen and oxygen atoms in total. The molecule has 1 aromatic heterocycles. The molecule has 3 aromatic rings. The summed E-state index contributed by atoms with van der Waals surface area (Å²) < 4.78 is 5.74. The molecule has 3 heterocycles. The summed E-state index contributed by atoms with van der Waals surface area (Å²) in [6.45, 7) is 3.44. The number of fused-ring (bicyclic) bond motifs is 1. The molecule has 5 rings (SSSR count). The van der Waals surface area contributed by atoms with E-state index < -0.39 is 0 Å². The average Bonchev–Trinajstić information content (AvgIpc) is 3.45. The Morgan fingerprint density at radius 1 is 1.00 bits per heavy atom. The predicted molar refractivity (Wildman–Crippen MR) is 115 cm³/mol. The Bertz CT molecular complexity index is 996. The molecule has 2 aliphatic rings. The number of likely N-dealkylation sites (tertiary alicyclic amines) is 1. The SMILES string of the molecule is CN1C[C@@H]2CCN(c3ccc(NC(=O)c4ccc(-c5ccccc5)o4)cc3)[C@@H]2C1. The Hall–Kier alpha value is -3.05. The number of likely N-dealkylation sites (N-methyl/N-ethyl adjacent to an activating group) is 1. The highest BCUT2D eigenvalue weighted by atomic mass is 16.3. The molecule has 1 amide bonds. The Balaban J connectivity index is 1.26. The van der Waals surface area contributed by atoms with Crippen molar-refractivity contribution in [2.24, 2.45) is 5.92 Å². The zero-order valence-electron chi connectivity index (χ0n) is 16.5. The number of hydrogen-bond acceptors (Lipinski definition) is 4. The lowest BCUT2D eigenvalue weighted by molar-refractivity contribution is 0.0997. The van der Waals surface area contributed by atoms with Gasteiger partial charge in [0.25, 0.3) is 5.91 Å². The number of benzene rings is 2. The first-order valence-corrected chi connectivity index (χ1v) is 10.2. The van der Waals surface area contributed by atoms with Gasteiger partial charge in [0.1, 0.15) is 5.76 Å². The summed E-state index contributed by atoms with van der Waals surface area (Å²) in [5.74, 6) is 1.54. The number of anilines is 2. The van der Waals surface area contributed by atoms with Crippen LogP contribution in [0.3, 0.4) is 0 Å². The van der Waals surface area contributed by atoms with Crippen LogP contribution in [-0.4, -0.2) is 43.5 Å². The second-order valence-electron chi connectivity index (χ2n) is 8.06. The predicted octanol–water partition coefficient (Wildman–Crippen LogP) is 4.34. The number of carbonyl (C=O) groups is 1. The highest BCUT2D eigenvalue weighted by Gasteiger charge is 2.39. The van der Waals surface area contributed by atoms with E-state index in [0.29, 0.717) is 17.6 Å². The van der Waals surface area contributed by atoms with Crippen molar-refractivity contribution in [3.05, 3.63) is 72.5 Å². The lowest BCUT2D eigenvalue weighted by Crippen LogP contribution is -2.34. The lowest BCUT2D eigenvalue weighted by Gasteiger charge is -2.26. The zero-order chi connectivity index (χ0) is 19.8. The van der Waals surface area contributed by atoms with Crippen molar-refractivity contribution in [2.45, 2.75) is 12.5 Å². The summed E-state index contributed by atoms with van der Waals surface area (Å²) in [6.07, 6.45) is 1.26. The van der Waals surface area contributed by atoms with Crippen molar-refractivity contribution in [2.75, 3.05) is 36.9 Å². The van der Waals surface area contributed by atoms with Crippen LogP contribution >= 0.6 is 0 Å². The standard InChI is InChI=1S/C24H25N3O2/c1-26-15-18-13-14-27(21(18)16-26)20-9-7-19(8-10-20)25-24(28)23-12-11-22(29-23)17-5-3-2-4-6-17/h2-12,18,21H,13-16H2,1H3,(H,25,28)/t18-,21+/m0/s1. The van der Waals surface area contributed by atoms with Crippen molar-refractivity contribution in [1.29, 1.82) is 0 Å². The molecule has 2 aliphatic heterocycles. The van der Waals surface area contributed by atoms with E-state index in [-0.39, 0.29) is 5.91 Å². The molecule has 5 heteroatoms. The molecule has 148 valence electrons. The molecule has 2 aromatic carbocycles. The summed E-state index contributed by atoms with van der Waals surface area (Å²) in [6, 6.07) is 22.1. The van der Waals surface area contributed by atoms with Crippen LogP contribution in [0.4, 0.5) is 11.4 Å². The number of nitrogens with zero attached hydrogens (tertiary/aromatic N) is 2. The lowest BCUT2D eigenvalue weighted by atomic mass is 10.0. The molecular formula is C24H25N3O2. The molecule has 1 N–H and O–H groups in total. The fraction of sp³-hybridized carbons (Fsp3) is 0.292. The summed E-state index contributed by atoms with van der Waals surface area (Å²) in [5, 5.41) is 2.93. The van der Waals surface area contributed by atoms with E-state index in [0.717, 1.165) is 30.3 Å². The molecule has 0 bridgehead atoms. The maximum atomic E-state index is 12.6. The van der Waals surface area contributed by atoms with Crippen molar-refractivity contribution in [3.8, 4) is 11.3 Å². The molecule has 0 radical (unpaired) electrons. The van der Waals surface area contributed by atoms with Gasteiger partial charge in [-0.2, -0.15) is 0 Å². The van der Waals surface area contributed by atoms with Gasteiger partial charge >= 0.3 is 0 Å². The van der Waals surface area contributed by atoms with Gasteiger partial charge in [0, 0.05) is 42.6 Å². The topological polar surface area (TPSA) is 48.7 Å². The van der Waals surface area contributed by atoms with Crippen LogP contribution in [0.15, 0.2) is 71.1 Å². The minimum atomic E-state index is -0.237. The number of nitrogens with one attached hydrogen (secondary N) is 1. The van der Waals surface area contributed by atoms with Gasteiger partial charge < -0.3 is 19.5 Å². The van der Waals surface area contributed by atoms with E-state index in [4.69, 9.17) is 4.42 Å². The third-order valence-electron chi connectivity index (χ3n) is 6.08. The first-order chi connectivity index (χ1) is 14.2. The zero-order valence-corrected chi connectivity index (χ0v) is 16.5. The molecule has 2 fully saturated rings. The molecule has 0 spiro atoms. The summed E-state index contributed by atoms with van der Waals surface area (Å²) in [4.78, 5) is 17.5. The molecule has 2 atom stereocenters. The van der Waals surface area contributed by atoms with Crippen molar-refractivity contribution < 1.29 is 9.21 Å². The first kappa shape index (κ1) is 18.0. The number of amides is 1.